The summed E-state index contributed by atoms with van der Waals surface area (Å²) in [6, 6.07) is 9.09. The highest BCUT2D eigenvalue weighted by Crippen LogP contribution is 2.62. The first-order valence-corrected chi connectivity index (χ1v) is 17.8. The lowest BCUT2D eigenvalue weighted by molar-refractivity contribution is -0.181. The van der Waals surface area contributed by atoms with Crippen LogP contribution in [0, 0.1) is 23.7 Å². The van der Waals surface area contributed by atoms with Gasteiger partial charge in [-0.15, -0.1) is 0 Å². The first kappa shape index (κ1) is 36.3. The lowest BCUT2D eigenvalue weighted by atomic mass is 9.52. The smallest absolute Gasteiger partial charge is 0.357 e. The molecule has 0 radical (unpaired) electrons. The number of primary amides is 1. The van der Waals surface area contributed by atoms with Crippen LogP contribution in [0.2, 0.25) is 0 Å². The van der Waals surface area contributed by atoms with Crippen LogP contribution < -0.4 is 16.0 Å². The van der Waals surface area contributed by atoms with Crippen molar-refractivity contribution in [3.63, 3.8) is 0 Å². The van der Waals surface area contributed by atoms with Crippen molar-refractivity contribution in [3.05, 3.63) is 53.1 Å². The number of ketones is 4. The molecular weight excluding hydrogens is 655 g/mol. The zero-order chi connectivity index (χ0) is 36.2. The van der Waals surface area contributed by atoms with E-state index in [0.717, 1.165) is 0 Å². The minimum Gasteiger partial charge on any atom is -0.505 e. The van der Waals surface area contributed by atoms with E-state index in [-0.39, 0.29) is 37.3 Å². The van der Waals surface area contributed by atoms with Gasteiger partial charge < -0.3 is 35.2 Å². The highest BCUT2D eigenvalue weighted by Gasteiger charge is 2.69. The second kappa shape index (κ2) is 13.4. The molecule has 49 heavy (non-hydrogen) atoms. The topological polar surface area (TPSA) is 206 Å². The van der Waals surface area contributed by atoms with Crippen LogP contribution in [0.15, 0.2) is 36.4 Å². The van der Waals surface area contributed by atoms with Crippen molar-refractivity contribution in [3.8, 4) is 5.75 Å². The van der Waals surface area contributed by atoms with Crippen LogP contribution in [-0.2, 0) is 39.2 Å². The van der Waals surface area contributed by atoms with Crippen molar-refractivity contribution < 1.29 is 47.8 Å². The Labute approximate surface area is 284 Å². The van der Waals surface area contributed by atoms with Gasteiger partial charge in [-0.25, -0.2) is 0 Å². The third-order valence-electron chi connectivity index (χ3n) is 9.86. The third-order valence-corrected chi connectivity index (χ3v) is 12.2. The minimum atomic E-state index is -3.93. The van der Waals surface area contributed by atoms with E-state index in [0.29, 0.717) is 16.8 Å². The standard InChI is InChI=1S/C34H43N4O10P/c1-7-47-49(46,48-8-2)33(17-12-10-9-11-13-17)36-21-16-22(37(3)4)19-14-18-15-20-26(38(5)6)29(41)25(32(35)44)31(43)34(20,45)30(42)23(18)28(40)24(19)27(21)39/h9-13,16,18,20,23,25-26,33,36,39,45H,7-8,14-15H2,1-6H3,(H2,35,44)/t18-,20-,23?,25?,26-,33?,34-/m1/s1. The molecule has 3 unspecified atom stereocenters. The maximum atomic E-state index is 14.5. The molecule has 0 bridgehead atoms. The molecule has 5 N–H and O–H groups in total. The second-order valence-electron chi connectivity index (χ2n) is 13.2. The van der Waals surface area contributed by atoms with Crippen LogP contribution in [0.5, 0.6) is 5.75 Å². The number of aromatic hydroxyl groups is 1. The van der Waals surface area contributed by atoms with E-state index in [2.05, 4.69) is 5.32 Å². The average molecular weight is 699 g/mol. The number of Topliss-reactive ketones (excluding diaryl/α,β-unsaturated/α-hetero) is 4. The highest BCUT2D eigenvalue weighted by atomic mass is 31.2. The zero-order valence-electron chi connectivity index (χ0n) is 28.3. The van der Waals surface area contributed by atoms with E-state index in [1.165, 1.54) is 19.0 Å². The summed E-state index contributed by atoms with van der Waals surface area (Å²) < 4.78 is 25.5. The van der Waals surface area contributed by atoms with Gasteiger partial charge >= 0.3 is 7.60 Å². The van der Waals surface area contributed by atoms with E-state index >= 15 is 0 Å². The number of likely N-dealkylation sites (N-methyl/N-ethyl adjacent to an activating group) is 1. The van der Waals surface area contributed by atoms with E-state index in [1.807, 2.05) is 0 Å². The number of nitrogens with one attached hydrogen (secondary N) is 1. The molecule has 0 saturated heterocycles. The molecule has 7 atom stereocenters. The van der Waals surface area contributed by atoms with E-state index in [4.69, 9.17) is 14.8 Å². The molecule has 3 aliphatic rings. The number of nitrogens with two attached hydrogens (primary N) is 1. The van der Waals surface area contributed by atoms with Crippen LogP contribution >= 0.6 is 7.60 Å². The number of phenolic OH excluding ortho intramolecular Hbond substituents is 1. The molecule has 0 aromatic heterocycles. The Morgan fingerprint density at radius 2 is 1.67 bits per heavy atom. The molecule has 14 nitrogen and oxygen atoms in total. The highest BCUT2D eigenvalue weighted by molar-refractivity contribution is 7.54. The van der Waals surface area contributed by atoms with Crippen LogP contribution in [0.1, 0.15) is 47.5 Å². The fourth-order valence-corrected chi connectivity index (χ4v) is 9.76. The number of anilines is 2. The summed E-state index contributed by atoms with van der Waals surface area (Å²) >= 11 is 0. The van der Waals surface area contributed by atoms with Crippen LogP contribution in [0.25, 0.3) is 0 Å². The maximum absolute atomic E-state index is 14.5. The molecule has 15 heteroatoms. The first-order valence-electron chi connectivity index (χ1n) is 16.2. The summed E-state index contributed by atoms with van der Waals surface area (Å²) in [5, 5.41) is 26.8. The molecule has 0 aliphatic heterocycles. The van der Waals surface area contributed by atoms with Gasteiger partial charge in [0.25, 0.3) is 0 Å². The largest absolute Gasteiger partial charge is 0.505 e. The lowest BCUT2D eigenvalue weighted by Crippen LogP contribution is -2.74. The Kier molecular flexibility index (Phi) is 9.94. The number of benzene rings is 2. The minimum absolute atomic E-state index is 0.00313. The quantitative estimate of drug-likeness (QED) is 0.151. The zero-order valence-corrected chi connectivity index (χ0v) is 29.2. The fraction of sp³-hybridized carbons (Fsp3) is 0.500. The van der Waals surface area contributed by atoms with Crippen LogP contribution in [0.4, 0.5) is 11.4 Å². The number of phenols is 1. The Bertz CT molecular complexity index is 1740. The number of rotatable bonds is 11. The first-order chi connectivity index (χ1) is 23.0. The van der Waals surface area contributed by atoms with E-state index < -0.39 is 83.5 Å². The van der Waals surface area contributed by atoms with Crippen molar-refractivity contribution in [1.29, 1.82) is 0 Å². The van der Waals surface area contributed by atoms with Gasteiger partial charge in [0.1, 0.15) is 5.75 Å². The van der Waals surface area contributed by atoms with Crippen molar-refractivity contribution >= 4 is 48.0 Å². The number of fused-ring (bicyclic) bond motifs is 3. The molecule has 2 aromatic rings. The summed E-state index contributed by atoms with van der Waals surface area (Å²) in [4.78, 5) is 71.2. The van der Waals surface area contributed by atoms with Crippen molar-refractivity contribution in [2.24, 2.45) is 29.4 Å². The predicted molar refractivity (Wildman–Crippen MR) is 179 cm³/mol. The Morgan fingerprint density at radius 1 is 1.06 bits per heavy atom. The molecule has 1 amide bonds. The molecule has 0 spiro atoms. The fourth-order valence-electron chi connectivity index (χ4n) is 7.84. The SMILES string of the molecule is CCOP(=O)(OCC)C(Nc1cc(N(C)C)c2c(c1O)C(=O)C1C(=O)[C@@]3(O)C(=O)C(C(N)=O)C(=O)[C@H](N(C)C)[C@H]3C[C@H]1C2)c1ccccc1. The van der Waals surface area contributed by atoms with Crippen LogP contribution in [0.3, 0.4) is 0 Å². The van der Waals surface area contributed by atoms with Crippen molar-refractivity contribution in [1.82, 2.24) is 4.90 Å². The number of hydrogen-bond acceptors (Lipinski definition) is 13. The molecular formula is C34H43N4O10P. The maximum Gasteiger partial charge on any atom is 0.357 e. The molecule has 2 aromatic carbocycles. The summed E-state index contributed by atoms with van der Waals surface area (Å²) in [6.07, 6.45) is 0.0190. The second-order valence-corrected chi connectivity index (χ2v) is 15.3. The summed E-state index contributed by atoms with van der Waals surface area (Å²) in [6.45, 7) is 3.46. The Morgan fingerprint density at radius 3 is 2.20 bits per heavy atom. The van der Waals surface area contributed by atoms with Gasteiger partial charge in [0, 0.05) is 25.7 Å². The van der Waals surface area contributed by atoms with Crippen molar-refractivity contribution in [2.45, 2.75) is 44.1 Å². The molecule has 3 aliphatic carbocycles. The number of amides is 1. The van der Waals surface area contributed by atoms with Crippen LogP contribution in [-0.4, -0.2) is 97.2 Å². The summed E-state index contributed by atoms with van der Waals surface area (Å²) in [7, 11) is 2.61. The number of hydrogen-bond donors (Lipinski definition) is 4. The van der Waals surface area contributed by atoms with Crippen molar-refractivity contribution in [2.75, 3.05) is 51.6 Å². The number of carbonyl (C=O) groups excluding carboxylic acids is 5. The molecule has 0 heterocycles. The summed E-state index contributed by atoms with van der Waals surface area (Å²) in [5.74, 6) is -12.7. The van der Waals surface area contributed by atoms with Gasteiger partial charge in [-0.2, -0.15) is 0 Å². The number of nitrogens with zero attached hydrogens (tertiary/aromatic N) is 2. The lowest BCUT2D eigenvalue weighted by Gasteiger charge is -2.52. The van der Waals surface area contributed by atoms with Gasteiger partial charge in [0.2, 0.25) is 5.91 Å². The monoisotopic (exact) mass is 698 g/mol. The number of carbonyl (C=O) groups is 5. The third kappa shape index (κ3) is 5.79. The van der Waals surface area contributed by atoms with Gasteiger partial charge in [0.05, 0.1) is 36.4 Å². The van der Waals surface area contributed by atoms with E-state index in [1.54, 1.807) is 69.2 Å². The normalized spacial score (nSPS) is 27.3. The van der Waals surface area contributed by atoms with Gasteiger partial charge in [0.15, 0.2) is 40.4 Å². The Hall–Kier alpha value is -3.94. The van der Waals surface area contributed by atoms with Gasteiger partial charge in [-0.1, -0.05) is 30.3 Å². The molecule has 5 rings (SSSR count). The van der Waals surface area contributed by atoms with Gasteiger partial charge in [-0.05, 0) is 63.9 Å². The molecule has 2 fully saturated rings. The van der Waals surface area contributed by atoms with E-state index in [9.17, 15) is 38.8 Å². The molecule has 264 valence electrons. The summed E-state index contributed by atoms with van der Waals surface area (Å²) in [5.41, 5.74) is 3.84. The van der Waals surface area contributed by atoms with Gasteiger partial charge in [-0.3, -0.25) is 33.4 Å². The number of aliphatic hydroxyl groups is 1. The Balaban J connectivity index is 1.65. The molecule has 2 saturated carbocycles. The predicted octanol–water partition coefficient (Wildman–Crippen LogP) is 2.31. The average Bonchev–Trinajstić information content (AvgIpc) is 3.02.